The molecule has 0 aliphatic rings. The standard InChI is InChI=1S/C15H20N2O/c1-4-15(18)14-8-16-17(10-14)9-13-7-11(2)5-6-12(13)3/h5-8,10,15,18H,4,9H2,1-3H3. The maximum Gasteiger partial charge on any atom is 0.0817 e. The number of rotatable bonds is 4. The van der Waals surface area contributed by atoms with Crippen LogP contribution in [0.25, 0.3) is 0 Å². The minimum absolute atomic E-state index is 0.405. The van der Waals surface area contributed by atoms with Crippen molar-refractivity contribution in [2.75, 3.05) is 0 Å². The molecule has 1 atom stereocenters. The van der Waals surface area contributed by atoms with Gasteiger partial charge in [0.2, 0.25) is 0 Å². The molecule has 0 saturated carbocycles. The molecule has 0 aliphatic carbocycles. The van der Waals surface area contributed by atoms with Crippen LogP contribution in [0.1, 0.15) is 41.7 Å². The molecule has 0 bridgehead atoms. The molecule has 0 radical (unpaired) electrons. The van der Waals surface area contributed by atoms with Crippen LogP contribution in [0.15, 0.2) is 30.6 Å². The molecule has 0 aliphatic heterocycles. The number of aliphatic hydroxyl groups excluding tert-OH is 1. The van der Waals surface area contributed by atoms with Gasteiger partial charge in [0.25, 0.3) is 0 Å². The highest BCUT2D eigenvalue weighted by molar-refractivity contribution is 5.30. The Bertz CT molecular complexity index is 531. The van der Waals surface area contributed by atoms with Crippen LogP contribution in [0.2, 0.25) is 0 Å². The van der Waals surface area contributed by atoms with Crippen molar-refractivity contribution in [3.8, 4) is 0 Å². The van der Waals surface area contributed by atoms with Crippen LogP contribution in [0, 0.1) is 13.8 Å². The molecular formula is C15H20N2O. The molecule has 0 fully saturated rings. The van der Waals surface area contributed by atoms with E-state index in [9.17, 15) is 5.11 Å². The van der Waals surface area contributed by atoms with Crippen LogP contribution in [-0.2, 0) is 6.54 Å². The third-order valence-electron chi connectivity index (χ3n) is 3.26. The Morgan fingerprint density at radius 1 is 1.33 bits per heavy atom. The summed E-state index contributed by atoms with van der Waals surface area (Å²) in [5.41, 5.74) is 4.70. The molecule has 3 heteroatoms. The van der Waals surface area contributed by atoms with Gasteiger partial charge < -0.3 is 5.11 Å². The highest BCUT2D eigenvalue weighted by atomic mass is 16.3. The normalized spacial score (nSPS) is 12.7. The van der Waals surface area contributed by atoms with Gasteiger partial charge in [0, 0.05) is 11.8 Å². The minimum atomic E-state index is -0.405. The average Bonchev–Trinajstić information content (AvgIpc) is 2.81. The third kappa shape index (κ3) is 2.79. The molecule has 1 aromatic heterocycles. The maximum atomic E-state index is 9.75. The molecule has 1 heterocycles. The van der Waals surface area contributed by atoms with Crippen LogP contribution in [-0.4, -0.2) is 14.9 Å². The quantitative estimate of drug-likeness (QED) is 0.897. The van der Waals surface area contributed by atoms with E-state index < -0.39 is 6.10 Å². The molecule has 1 unspecified atom stereocenters. The van der Waals surface area contributed by atoms with E-state index in [0.717, 1.165) is 18.5 Å². The average molecular weight is 244 g/mol. The van der Waals surface area contributed by atoms with E-state index in [0.29, 0.717) is 0 Å². The summed E-state index contributed by atoms with van der Waals surface area (Å²) in [5, 5.41) is 14.1. The number of benzene rings is 1. The van der Waals surface area contributed by atoms with Gasteiger partial charge in [-0.25, -0.2) is 0 Å². The van der Waals surface area contributed by atoms with E-state index in [-0.39, 0.29) is 0 Å². The zero-order chi connectivity index (χ0) is 13.1. The fraction of sp³-hybridized carbons (Fsp3) is 0.400. The van der Waals surface area contributed by atoms with Gasteiger partial charge in [-0.2, -0.15) is 5.10 Å². The number of aryl methyl sites for hydroxylation is 2. The second-order valence-electron chi connectivity index (χ2n) is 4.83. The molecule has 3 nitrogen and oxygen atoms in total. The van der Waals surface area contributed by atoms with E-state index in [2.05, 4.69) is 37.1 Å². The monoisotopic (exact) mass is 244 g/mol. The number of aromatic nitrogens is 2. The van der Waals surface area contributed by atoms with Crippen molar-refractivity contribution in [1.82, 2.24) is 9.78 Å². The highest BCUT2D eigenvalue weighted by Gasteiger charge is 2.08. The van der Waals surface area contributed by atoms with Gasteiger partial charge in [0.05, 0.1) is 18.8 Å². The lowest BCUT2D eigenvalue weighted by Gasteiger charge is -2.07. The van der Waals surface area contributed by atoms with Gasteiger partial charge in [-0.3, -0.25) is 4.68 Å². The topological polar surface area (TPSA) is 38.1 Å². The number of hydrogen-bond donors (Lipinski definition) is 1. The van der Waals surface area contributed by atoms with E-state index in [1.165, 1.54) is 16.7 Å². The Hall–Kier alpha value is -1.61. The van der Waals surface area contributed by atoms with Gasteiger partial charge in [0.1, 0.15) is 0 Å². The summed E-state index contributed by atoms with van der Waals surface area (Å²) < 4.78 is 1.88. The van der Waals surface area contributed by atoms with Gasteiger partial charge in [-0.05, 0) is 31.4 Å². The van der Waals surface area contributed by atoms with Crippen LogP contribution >= 0.6 is 0 Å². The van der Waals surface area contributed by atoms with E-state index in [4.69, 9.17) is 0 Å². The van der Waals surface area contributed by atoms with Crippen molar-refractivity contribution in [2.24, 2.45) is 0 Å². The van der Waals surface area contributed by atoms with Crippen molar-refractivity contribution < 1.29 is 5.11 Å². The van der Waals surface area contributed by atoms with Crippen molar-refractivity contribution >= 4 is 0 Å². The molecule has 96 valence electrons. The first-order valence-electron chi connectivity index (χ1n) is 6.36. The van der Waals surface area contributed by atoms with Gasteiger partial charge >= 0.3 is 0 Å². The molecule has 2 aromatic rings. The molecule has 2 rings (SSSR count). The van der Waals surface area contributed by atoms with Gasteiger partial charge in [-0.1, -0.05) is 30.7 Å². The van der Waals surface area contributed by atoms with Crippen molar-refractivity contribution in [3.05, 3.63) is 52.8 Å². The predicted molar refractivity (Wildman–Crippen MR) is 72.5 cm³/mol. The third-order valence-corrected chi connectivity index (χ3v) is 3.26. The van der Waals surface area contributed by atoms with Crippen LogP contribution < -0.4 is 0 Å². The van der Waals surface area contributed by atoms with Gasteiger partial charge in [-0.15, -0.1) is 0 Å². The van der Waals surface area contributed by atoms with Crippen molar-refractivity contribution in [1.29, 1.82) is 0 Å². The van der Waals surface area contributed by atoms with Crippen molar-refractivity contribution in [2.45, 2.75) is 39.8 Å². The zero-order valence-electron chi connectivity index (χ0n) is 11.2. The Morgan fingerprint density at radius 2 is 2.11 bits per heavy atom. The molecular weight excluding hydrogens is 224 g/mol. The highest BCUT2D eigenvalue weighted by Crippen LogP contribution is 2.16. The van der Waals surface area contributed by atoms with E-state index >= 15 is 0 Å². The predicted octanol–water partition coefficient (Wildman–Crippen LogP) is 2.99. The maximum absolute atomic E-state index is 9.75. The Labute approximate surface area is 108 Å². The molecule has 0 spiro atoms. The number of hydrogen-bond acceptors (Lipinski definition) is 2. The van der Waals surface area contributed by atoms with E-state index in [1.54, 1.807) is 6.20 Å². The van der Waals surface area contributed by atoms with Crippen LogP contribution in [0.5, 0.6) is 0 Å². The second kappa shape index (κ2) is 5.36. The zero-order valence-corrected chi connectivity index (χ0v) is 11.2. The fourth-order valence-electron chi connectivity index (χ4n) is 2.02. The smallest absolute Gasteiger partial charge is 0.0817 e. The summed E-state index contributed by atoms with van der Waals surface area (Å²) >= 11 is 0. The SMILES string of the molecule is CCC(O)c1cnn(Cc2cc(C)ccc2C)c1. The Morgan fingerprint density at radius 3 is 2.83 bits per heavy atom. The first-order valence-corrected chi connectivity index (χ1v) is 6.36. The van der Waals surface area contributed by atoms with E-state index in [1.807, 2.05) is 17.8 Å². The molecule has 0 saturated heterocycles. The lowest BCUT2D eigenvalue weighted by molar-refractivity contribution is 0.173. The lowest BCUT2D eigenvalue weighted by Crippen LogP contribution is -2.02. The lowest BCUT2D eigenvalue weighted by atomic mass is 10.1. The summed E-state index contributed by atoms with van der Waals surface area (Å²) in [7, 11) is 0. The second-order valence-corrected chi connectivity index (χ2v) is 4.83. The van der Waals surface area contributed by atoms with Crippen LogP contribution in [0.3, 0.4) is 0 Å². The molecule has 18 heavy (non-hydrogen) atoms. The fourth-order valence-corrected chi connectivity index (χ4v) is 2.02. The summed E-state index contributed by atoms with van der Waals surface area (Å²) in [6.07, 6.45) is 3.99. The van der Waals surface area contributed by atoms with Crippen LogP contribution in [0.4, 0.5) is 0 Å². The summed E-state index contributed by atoms with van der Waals surface area (Å²) in [6, 6.07) is 6.44. The first kappa shape index (κ1) is 12.8. The Kier molecular flexibility index (Phi) is 3.82. The molecule has 0 amide bonds. The van der Waals surface area contributed by atoms with Gasteiger partial charge in [0.15, 0.2) is 0 Å². The number of aliphatic hydroxyl groups is 1. The largest absolute Gasteiger partial charge is 0.388 e. The summed E-state index contributed by atoms with van der Waals surface area (Å²) in [5.74, 6) is 0. The minimum Gasteiger partial charge on any atom is -0.388 e. The molecule has 1 N–H and O–H groups in total. The summed E-state index contributed by atoms with van der Waals surface area (Å²) in [4.78, 5) is 0. The van der Waals surface area contributed by atoms with Crippen molar-refractivity contribution in [3.63, 3.8) is 0 Å². The molecule has 1 aromatic carbocycles. The first-order chi connectivity index (χ1) is 8.60. The Balaban J connectivity index is 2.18. The number of nitrogens with zero attached hydrogens (tertiary/aromatic N) is 2. The summed E-state index contributed by atoms with van der Waals surface area (Å²) in [6.45, 7) is 6.93.